The first-order valence-electron chi connectivity index (χ1n) is 12.5. The third-order valence-corrected chi connectivity index (χ3v) is 6.51. The van der Waals surface area contributed by atoms with Crippen LogP contribution in [0.25, 0.3) is 0 Å². The number of anilines is 1. The molecule has 0 spiro atoms. The quantitative estimate of drug-likeness (QED) is 0.318. The van der Waals surface area contributed by atoms with Crippen LogP contribution in [0.15, 0.2) is 84.9 Å². The monoisotopic (exact) mass is 486 g/mol. The van der Waals surface area contributed by atoms with Crippen molar-refractivity contribution in [2.45, 2.75) is 50.2 Å². The summed E-state index contributed by atoms with van der Waals surface area (Å²) in [4.78, 5) is 26.2. The molecule has 0 aromatic heterocycles. The first-order chi connectivity index (χ1) is 17.6. The average Bonchev–Trinajstić information content (AvgIpc) is 2.92. The second-order valence-corrected chi connectivity index (χ2v) is 9.06. The minimum atomic E-state index is -0.510. The number of rotatable bonds is 8. The molecule has 0 aliphatic heterocycles. The summed E-state index contributed by atoms with van der Waals surface area (Å²) in [5.41, 5.74) is 2.42. The van der Waals surface area contributed by atoms with E-state index in [0.717, 1.165) is 36.8 Å². The van der Waals surface area contributed by atoms with Crippen LogP contribution in [0.1, 0.15) is 55.3 Å². The van der Waals surface area contributed by atoms with Gasteiger partial charge in [0.15, 0.2) is 0 Å². The van der Waals surface area contributed by atoms with Crippen molar-refractivity contribution < 1.29 is 14.3 Å². The van der Waals surface area contributed by atoms with Gasteiger partial charge in [0.25, 0.3) is 0 Å². The minimum Gasteiger partial charge on any atom is -0.497 e. The molecule has 3 aromatic carbocycles. The third-order valence-electron chi connectivity index (χ3n) is 6.51. The van der Waals surface area contributed by atoms with Gasteiger partial charge in [0.1, 0.15) is 5.75 Å². The maximum Gasteiger partial charge on any atom is 0.319 e. The lowest BCUT2D eigenvalue weighted by molar-refractivity contribution is 0.222. The molecular formula is C29H34N4O3. The van der Waals surface area contributed by atoms with Gasteiger partial charge in [-0.25, -0.2) is 9.59 Å². The summed E-state index contributed by atoms with van der Waals surface area (Å²) in [6.07, 6.45) is 5.47. The van der Waals surface area contributed by atoms with Crippen molar-refractivity contribution in [2.75, 3.05) is 12.4 Å². The predicted octanol–water partition coefficient (Wildman–Crippen LogP) is 5.93. The smallest absolute Gasteiger partial charge is 0.319 e. The Labute approximate surface area is 212 Å². The molecule has 7 nitrogen and oxygen atoms in total. The van der Waals surface area contributed by atoms with Crippen LogP contribution >= 0.6 is 0 Å². The van der Waals surface area contributed by atoms with E-state index in [2.05, 4.69) is 21.3 Å². The van der Waals surface area contributed by atoms with Crippen molar-refractivity contribution in [1.82, 2.24) is 16.0 Å². The molecule has 2 atom stereocenters. The van der Waals surface area contributed by atoms with Crippen LogP contribution in [-0.4, -0.2) is 25.2 Å². The molecule has 0 bridgehead atoms. The van der Waals surface area contributed by atoms with Crippen LogP contribution in [0.4, 0.5) is 15.3 Å². The molecule has 0 saturated heterocycles. The number of hydrogen-bond donors (Lipinski definition) is 4. The fourth-order valence-electron chi connectivity index (χ4n) is 4.64. The summed E-state index contributed by atoms with van der Waals surface area (Å²) in [6.45, 7) is 0. The van der Waals surface area contributed by atoms with Crippen molar-refractivity contribution in [3.05, 3.63) is 96.1 Å². The summed E-state index contributed by atoms with van der Waals surface area (Å²) in [7, 11) is 1.60. The first-order valence-corrected chi connectivity index (χ1v) is 12.5. The zero-order chi connectivity index (χ0) is 25.2. The van der Waals surface area contributed by atoms with Crippen LogP contribution in [-0.2, 0) is 0 Å². The van der Waals surface area contributed by atoms with E-state index in [-0.39, 0.29) is 18.1 Å². The van der Waals surface area contributed by atoms with E-state index in [1.165, 1.54) is 6.42 Å². The highest BCUT2D eigenvalue weighted by Gasteiger charge is 2.29. The molecule has 1 aliphatic carbocycles. The second kappa shape index (κ2) is 12.6. The van der Waals surface area contributed by atoms with E-state index in [1.54, 1.807) is 31.4 Å². The van der Waals surface area contributed by atoms with Gasteiger partial charge in [0.05, 0.1) is 19.2 Å². The standard InChI is InChI=1S/C29H34N4O3/c1-36-25-19-17-24(18-20-25)31-29(35)33-27(22-13-7-3-8-14-22)26(21-11-5-2-6-12-21)32-28(34)30-23-15-9-4-10-16-23/h2-3,5-8,11-14,17-20,23,26-27H,4,9-10,15-16H2,1H3,(H2,30,32,34)(H2,31,33,35)/t26-,27-/m0/s1. The highest BCUT2D eigenvalue weighted by Crippen LogP contribution is 2.29. The Morgan fingerprint density at radius 1 is 0.722 bits per heavy atom. The maximum atomic E-state index is 13.1. The van der Waals surface area contributed by atoms with Gasteiger partial charge in [-0.2, -0.15) is 0 Å². The van der Waals surface area contributed by atoms with Crippen LogP contribution in [0.2, 0.25) is 0 Å². The van der Waals surface area contributed by atoms with Crippen LogP contribution in [0, 0.1) is 0 Å². The number of urea groups is 2. The predicted molar refractivity (Wildman–Crippen MR) is 142 cm³/mol. The van der Waals surface area contributed by atoms with Crippen molar-refractivity contribution in [3.8, 4) is 5.75 Å². The molecule has 3 aromatic rings. The average molecular weight is 487 g/mol. The molecule has 36 heavy (non-hydrogen) atoms. The fraction of sp³-hybridized carbons (Fsp3) is 0.310. The Morgan fingerprint density at radius 3 is 1.78 bits per heavy atom. The van der Waals surface area contributed by atoms with E-state index in [1.807, 2.05) is 60.7 Å². The van der Waals surface area contributed by atoms with Crippen molar-refractivity contribution in [1.29, 1.82) is 0 Å². The Kier molecular flexibility index (Phi) is 8.81. The Hall–Kier alpha value is -4.00. The summed E-state index contributed by atoms with van der Waals surface area (Å²) in [5, 5.41) is 12.3. The number of carbonyl (C=O) groups excluding carboxylic acids is 2. The molecule has 1 saturated carbocycles. The van der Waals surface area contributed by atoms with Crippen LogP contribution in [0.3, 0.4) is 0 Å². The minimum absolute atomic E-state index is 0.177. The van der Waals surface area contributed by atoms with Gasteiger partial charge in [0.2, 0.25) is 0 Å². The van der Waals surface area contributed by atoms with Gasteiger partial charge in [-0.05, 0) is 48.2 Å². The topological polar surface area (TPSA) is 91.5 Å². The molecule has 188 valence electrons. The number of benzene rings is 3. The Morgan fingerprint density at radius 2 is 1.25 bits per heavy atom. The van der Waals surface area contributed by atoms with Gasteiger partial charge in [0, 0.05) is 11.7 Å². The van der Waals surface area contributed by atoms with E-state index >= 15 is 0 Å². The summed E-state index contributed by atoms with van der Waals surface area (Å²) >= 11 is 0. The number of hydrogen-bond acceptors (Lipinski definition) is 3. The summed E-state index contributed by atoms with van der Waals surface area (Å²) in [6, 6.07) is 25.1. The highest BCUT2D eigenvalue weighted by molar-refractivity contribution is 5.89. The Balaban J connectivity index is 1.56. The van der Waals surface area contributed by atoms with Gasteiger partial charge < -0.3 is 26.0 Å². The second-order valence-electron chi connectivity index (χ2n) is 9.06. The number of methoxy groups -OCH3 is 1. The summed E-state index contributed by atoms with van der Waals surface area (Å²) < 4.78 is 5.19. The summed E-state index contributed by atoms with van der Waals surface area (Å²) in [5.74, 6) is 0.709. The molecule has 0 unspecified atom stereocenters. The lowest BCUT2D eigenvalue weighted by atomic mass is 9.93. The lowest BCUT2D eigenvalue weighted by Crippen LogP contribution is -2.48. The van der Waals surface area contributed by atoms with Crippen molar-refractivity contribution in [2.24, 2.45) is 0 Å². The zero-order valence-electron chi connectivity index (χ0n) is 20.6. The van der Waals surface area contributed by atoms with E-state index in [4.69, 9.17) is 4.74 Å². The zero-order valence-corrected chi connectivity index (χ0v) is 20.6. The maximum absolute atomic E-state index is 13.1. The fourth-order valence-corrected chi connectivity index (χ4v) is 4.64. The molecule has 7 heteroatoms. The van der Waals surface area contributed by atoms with Crippen molar-refractivity contribution in [3.63, 3.8) is 0 Å². The molecule has 4 amide bonds. The van der Waals surface area contributed by atoms with Gasteiger partial charge in [-0.1, -0.05) is 79.9 Å². The number of nitrogens with one attached hydrogen (secondary N) is 4. The number of amides is 4. The molecule has 1 aliphatic rings. The lowest BCUT2D eigenvalue weighted by Gasteiger charge is -2.31. The van der Waals surface area contributed by atoms with Crippen LogP contribution in [0.5, 0.6) is 5.75 Å². The number of ether oxygens (including phenoxy) is 1. The molecule has 1 fully saturated rings. The van der Waals surface area contributed by atoms with Gasteiger partial charge in [-0.15, -0.1) is 0 Å². The molecule has 4 N–H and O–H groups in total. The molecule has 0 radical (unpaired) electrons. The molecule has 4 rings (SSSR count). The van der Waals surface area contributed by atoms with Crippen molar-refractivity contribution >= 4 is 17.7 Å². The third kappa shape index (κ3) is 7.01. The Bertz CT molecular complexity index is 1100. The van der Waals surface area contributed by atoms with Crippen LogP contribution < -0.4 is 26.0 Å². The normalized spacial score (nSPS) is 15.2. The first kappa shape index (κ1) is 25.1. The van der Waals surface area contributed by atoms with E-state index in [0.29, 0.717) is 11.4 Å². The van der Waals surface area contributed by atoms with E-state index in [9.17, 15) is 9.59 Å². The SMILES string of the molecule is COc1ccc(NC(=O)N[C@@H](c2ccccc2)[C@@H](NC(=O)NC2CCCCC2)c2ccccc2)cc1. The number of carbonyl (C=O) groups is 2. The van der Waals surface area contributed by atoms with Gasteiger partial charge >= 0.3 is 12.1 Å². The highest BCUT2D eigenvalue weighted by atomic mass is 16.5. The molecular weight excluding hydrogens is 452 g/mol. The largest absolute Gasteiger partial charge is 0.497 e. The van der Waals surface area contributed by atoms with E-state index < -0.39 is 12.1 Å². The van der Waals surface area contributed by atoms with Gasteiger partial charge in [-0.3, -0.25) is 0 Å². The molecule has 0 heterocycles.